The Bertz CT molecular complexity index is 391. The van der Waals surface area contributed by atoms with Gasteiger partial charge >= 0.3 is 5.97 Å². The molecule has 0 aliphatic carbocycles. The van der Waals surface area contributed by atoms with Gasteiger partial charge in [0.15, 0.2) is 0 Å². The van der Waals surface area contributed by atoms with E-state index in [1.807, 2.05) is 6.08 Å². The van der Waals surface area contributed by atoms with Crippen molar-refractivity contribution in [3.63, 3.8) is 0 Å². The van der Waals surface area contributed by atoms with E-state index >= 15 is 0 Å². The van der Waals surface area contributed by atoms with E-state index in [-0.39, 0.29) is 5.97 Å². The Hall–Kier alpha value is -1.05. The van der Waals surface area contributed by atoms with Crippen molar-refractivity contribution in [1.82, 2.24) is 0 Å². The molecule has 0 amide bonds. The lowest BCUT2D eigenvalue weighted by Gasteiger charge is -2.12. The molecule has 140 valence electrons. The second-order valence-corrected chi connectivity index (χ2v) is 7.76. The largest absolute Gasteiger partial charge is 0.462 e. The average molecular weight is 337 g/mol. The summed E-state index contributed by atoms with van der Waals surface area (Å²) in [6.07, 6.45) is 14.5. The summed E-state index contributed by atoms with van der Waals surface area (Å²) in [5.41, 5.74) is 2.80. The van der Waals surface area contributed by atoms with Crippen molar-refractivity contribution < 1.29 is 9.53 Å². The summed E-state index contributed by atoms with van der Waals surface area (Å²) in [5.74, 6) is 1.49. The molecule has 0 aromatic rings. The molecule has 2 nitrogen and oxygen atoms in total. The van der Waals surface area contributed by atoms with Crippen molar-refractivity contribution in [3.8, 4) is 0 Å². The summed E-state index contributed by atoms with van der Waals surface area (Å²) < 4.78 is 4.93. The molecule has 0 bridgehead atoms. The molecule has 1 unspecified atom stereocenters. The van der Waals surface area contributed by atoms with Crippen LogP contribution in [0.4, 0.5) is 0 Å². The lowest BCUT2D eigenvalue weighted by atomic mass is 9.94. The number of esters is 1. The van der Waals surface area contributed by atoms with Gasteiger partial charge in [-0.25, -0.2) is 0 Å². The van der Waals surface area contributed by atoms with Crippen LogP contribution in [0.2, 0.25) is 0 Å². The van der Waals surface area contributed by atoms with E-state index in [0.717, 1.165) is 24.7 Å². The molecule has 0 aliphatic heterocycles. The Morgan fingerprint density at radius 3 is 2.12 bits per heavy atom. The SMILES string of the molecule is CC(=O)OC/C=C(\C)CC/C=C(\C)CCCC(C)CCCC(C)C. The van der Waals surface area contributed by atoms with E-state index in [1.165, 1.54) is 56.6 Å². The molecule has 1 atom stereocenters. The van der Waals surface area contributed by atoms with Gasteiger partial charge in [0, 0.05) is 6.92 Å². The Morgan fingerprint density at radius 2 is 1.50 bits per heavy atom. The Labute approximate surface area is 150 Å². The Kier molecular flexibility index (Phi) is 13.7. The van der Waals surface area contributed by atoms with Gasteiger partial charge in [0.1, 0.15) is 6.61 Å². The van der Waals surface area contributed by atoms with E-state index in [4.69, 9.17) is 4.74 Å². The molecule has 2 heteroatoms. The van der Waals surface area contributed by atoms with Crippen molar-refractivity contribution in [1.29, 1.82) is 0 Å². The molecule has 0 aromatic carbocycles. The number of carbonyl (C=O) groups is 1. The fourth-order valence-electron chi connectivity index (χ4n) is 2.80. The fraction of sp³-hybridized carbons (Fsp3) is 0.773. The second-order valence-electron chi connectivity index (χ2n) is 7.76. The van der Waals surface area contributed by atoms with Gasteiger partial charge in [0.2, 0.25) is 0 Å². The van der Waals surface area contributed by atoms with Crippen LogP contribution < -0.4 is 0 Å². The first-order valence-electron chi connectivity index (χ1n) is 9.75. The van der Waals surface area contributed by atoms with Crippen molar-refractivity contribution in [3.05, 3.63) is 23.3 Å². The van der Waals surface area contributed by atoms with E-state index < -0.39 is 0 Å². The highest BCUT2D eigenvalue weighted by atomic mass is 16.5. The van der Waals surface area contributed by atoms with E-state index in [2.05, 4.69) is 40.7 Å². The normalized spacial score (nSPS) is 14.1. The molecule has 24 heavy (non-hydrogen) atoms. The highest BCUT2D eigenvalue weighted by Crippen LogP contribution is 2.19. The summed E-state index contributed by atoms with van der Waals surface area (Å²) in [5, 5.41) is 0. The number of rotatable bonds is 13. The van der Waals surface area contributed by atoms with Gasteiger partial charge < -0.3 is 4.74 Å². The summed E-state index contributed by atoms with van der Waals surface area (Å²) in [4.78, 5) is 10.7. The van der Waals surface area contributed by atoms with Crippen molar-refractivity contribution in [2.75, 3.05) is 6.61 Å². The number of carbonyl (C=O) groups excluding carboxylic acids is 1. The Balaban J connectivity index is 3.77. The highest BCUT2D eigenvalue weighted by molar-refractivity contribution is 5.66. The van der Waals surface area contributed by atoms with Gasteiger partial charge in [-0.3, -0.25) is 4.79 Å². The van der Waals surface area contributed by atoms with Crippen LogP contribution >= 0.6 is 0 Å². The quantitative estimate of drug-likeness (QED) is 0.271. The molecular formula is C22H40O2. The van der Waals surface area contributed by atoms with Crippen molar-refractivity contribution in [2.45, 2.75) is 92.9 Å². The number of ether oxygens (including phenoxy) is 1. The topological polar surface area (TPSA) is 26.3 Å². The van der Waals surface area contributed by atoms with Gasteiger partial charge in [0.05, 0.1) is 0 Å². The van der Waals surface area contributed by atoms with Crippen LogP contribution in [0.15, 0.2) is 23.3 Å². The maximum Gasteiger partial charge on any atom is 0.302 e. The van der Waals surface area contributed by atoms with Crippen LogP contribution in [0.1, 0.15) is 92.9 Å². The average Bonchev–Trinajstić information content (AvgIpc) is 2.46. The zero-order valence-corrected chi connectivity index (χ0v) is 17.0. The predicted molar refractivity (Wildman–Crippen MR) is 105 cm³/mol. The second kappa shape index (κ2) is 14.3. The standard InChI is InChI=1S/C22H40O2/c1-18(2)10-7-11-19(3)12-8-13-20(4)14-9-15-21(5)16-17-24-22(6)23/h14,16,18-19H,7-13,15,17H2,1-6H3/b20-14+,21-16+. The summed E-state index contributed by atoms with van der Waals surface area (Å²) >= 11 is 0. The van der Waals surface area contributed by atoms with Crippen LogP contribution in [0.3, 0.4) is 0 Å². The first kappa shape index (κ1) is 22.9. The van der Waals surface area contributed by atoms with E-state index in [1.54, 1.807) is 0 Å². The van der Waals surface area contributed by atoms with Crippen molar-refractivity contribution >= 4 is 5.97 Å². The molecule has 0 fully saturated rings. The first-order valence-corrected chi connectivity index (χ1v) is 9.75. The molecular weight excluding hydrogens is 296 g/mol. The maximum atomic E-state index is 10.7. The summed E-state index contributed by atoms with van der Waals surface area (Å²) in [6, 6.07) is 0. The van der Waals surface area contributed by atoms with Gasteiger partial charge in [-0.05, 0) is 57.4 Å². The molecule has 0 N–H and O–H groups in total. The molecule has 0 saturated carbocycles. The lowest BCUT2D eigenvalue weighted by Crippen LogP contribution is -1.98. The third kappa shape index (κ3) is 15.8. The molecule has 0 saturated heterocycles. The molecule has 0 heterocycles. The number of allylic oxidation sites excluding steroid dienone is 3. The van der Waals surface area contributed by atoms with E-state index in [0.29, 0.717) is 6.61 Å². The predicted octanol–water partition coefficient (Wildman–Crippen LogP) is 6.86. The van der Waals surface area contributed by atoms with Gasteiger partial charge in [-0.15, -0.1) is 0 Å². The summed E-state index contributed by atoms with van der Waals surface area (Å²) in [7, 11) is 0. The third-order valence-electron chi connectivity index (χ3n) is 4.50. The van der Waals surface area contributed by atoms with Crippen LogP contribution in [0, 0.1) is 11.8 Å². The minimum atomic E-state index is -0.215. The molecule has 0 radical (unpaired) electrons. The van der Waals surface area contributed by atoms with Crippen LogP contribution in [-0.2, 0) is 9.53 Å². The van der Waals surface area contributed by atoms with Gasteiger partial charge in [-0.2, -0.15) is 0 Å². The number of hydrogen-bond acceptors (Lipinski definition) is 2. The number of hydrogen-bond donors (Lipinski definition) is 0. The minimum absolute atomic E-state index is 0.215. The summed E-state index contributed by atoms with van der Waals surface area (Å²) in [6.45, 7) is 13.2. The first-order chi connectivity index (χ1) is 11.3. The fourth-order valence-corrected chi connectivity index (χ4v) is 2.80. The van der Waals surface area contributed by atoms with Crippen LogP contribution in [-0.4, -0.2) is 12.6 Å². The molecule has 0 rings (SSSR count). The minimum Gasteiger partial charge on any atom is -0.462 e. The molecule has 0 aromatic heterocycles. The van der Waals surface area contributed by atoms with E-state index in [9.17, 15) is 4.79 Å². The molecule has 0 spiro atoms. The Morgan fingerprint density at radius 1 is 0.875 bits per heavy atom. The van der Waals surface area contributed by atoms with Crippen molar-refractivity contribution in [2.24, 2.45) is 11.8 Å². The smallest absolute Gasteiger partial charge is 0.302 e. The van der Waals surface area contributed by atoms with Crippen LogP contribution in [0.25, 0.3) is 0 Å². The van der Waals surface area contributed by atoms with Gasteiger partial charge in [-0.1, -0.05) is 63.7 Å². The molecule has 0 aliphatic rings. The van der Waals surface area contributed by atoms with Gasteiger partial charge in [0.25, 0.3) is 0 Å². The lowest BCUT2D eigenvalue weighted by molar-refractivity contribution is -0.139. The third-order valence-corrected chi connectivity index (χ3v) is 4.50. The zero-order chi connectivity index (χ0) is 18.4. The van der Waals surface area contributed by atoms with Crippen LogP contribution in [0.5, 0.6) is 0 Å². The monoisotopic (exact) mass is 336 g/mol. The highest BCUT2D eigenvalue weighted by Gasteiger charge is 2.03. The maximum absolute atomic E-state index is 10.7. The zero-order valence-electron chi connectivity index (χ0n) is 17.0.